The van der Waals surface area contributed by atoms with Crippen molar-refractivity contribution in [2.45, 2.75) is 59.0 Å². The summed E-state index contributed by atoms with van der Waals surface area (Å²) in [4.78, 5) is 3.92. The van der Waals surface area contributed by atoms with E-state index in [0.717, 1.165) is 18.7 Å². The fourth-order valence-electron chi connectivity index (χ4n) is 2.05. The lowest BCUT2D eigenvalue weighted by Crippen LogP contribution is -2.32. The zero-order chi connectivity index (χ0) is 14.8. The van der Waals surface area contributed by atoms with Gasteiger partial charge in [0.1, 0.15) is 0 Å². The SMILES string of the molecule is CCCCN(Cc1sccc1C#CCCO)C(C)CC. The standard InChI is InChI=1S/C17H27NOS/c1-4-6-11-18(15(3)5-2)14-17-16(10-13-20-17)9-7-8-12-19/h10,13,15,19H,4-6,8,11-12,14H2,1-3H3. The Kier molecular flexibility index (Phi) is 8.60. The Morgan fingerprint density at radius 2 is 2.20 bits per heavy atom. The Bertz CT molecular complexity index is 430. The minimum Gasteiger partial charge on any atom is -0.395 e. The summed E-state index contributed by atoms with van der Waals surface area (Å²) in [6, 6.07) is 2.71. The number of unbranched alkanes of at least 4 members (excludes halogenated alkanes) is 1. The summed E-state index contributed by atoms with van der Waals surface area (Å²) in [5.74, 6) is 6.21. The van der Waals surface area contributed by atoms with Crippen LogP contribution in [-0.4, -0.2) is 29.2 Å². The minimum absolute atomic E-state index is 0.141. The Morgan fingerprint density at radius 3 is 2.85 bits per heavy atom. The molecule has 1 rings (SSSR count). The van der Waals surface area contributed by atoms with Gasteiger partial charge in [-0.05, 0) is 37.8 Å². The maximum Gasteiger partial charge on any atom is 0.0540 e. The van der Waals surface area contributed by atoms with Gasteiger partial charge < -0.3 is 5.11 Å². The lowest BCUT2D eigenvalue weighted by Gasteiger charge is -2.28. The first-order valence-electron chi connectivity index (χ1n) is 7.63. The molecule has 0 aliphatic carbocycles. The second-order valence-corrected chi connectivity index (χ2v) is 6.11. The molecule has 0 aliphatic heterocycles. The molecule has 20 heavy (non-hydrogen) atoms. The third-order valence-electron chi connectivity index (χ3n) is 3.57. The van der Waals surface area contributed by atoms with E-state index in [-0.39, 0.29) is 6.61 Å². The maximum absolute atomic E-state index is 8.80. The summed E-state index contributed by atoms with van der Waals surface area (Å²) >= 11 is 1.79. The molecule has 0 saturated heterocycles. The molecule has 1 aromatic heterocycles. The van der Waals surface area contributed by atoms with Crippen molar-refractivity contribution < 1.29 is 5.11 Å². The van der Waals surface area contributed by atoms with E-state index in [4.69, 9.17) is 5.11 Å². The van der Waals surface area contributed by atoms with E-state index in [1.54, 1.807) is 11.3 Å². The zero-order valence-electron chi connectivity index (χ0n) is 13.0. The molecule has 1 heterocycles. The van der Waals surface area contributed by atoms with Crippen LogP contribution in [0.15, 0.2) is 11.4 Å². The lowest BCUT2D eigenvalue weighted by atomic mass is 10.1. The van der Waals surface area contributed by atoms with Crippen LogP contribution >= 0.6 is 11.3 Å². The third-order valence-corrected chi connectivity index (χ3v) is 4.47. The molecule has 112 valence electrons. The topological polar surface area (TPSA) is 23.5 Å². The molecular weight excluding hydrogens is 266 g/mol. The molecule has 1 N–H and O–H groups in total. The number of thiophene rings is 1. The van der Waals surface area contributed by atoms with Crippen LogP contribution in [0.5, 0.6) is 0 Å². The Hall–Kier alpha value is -0.820. The second-order valence-electron chi connectivity index (χ2n) is 5.11. The Labute approximate surface area is 127 Å². The van der Waals surface area contributed by atoms with Crippen molar-refractivity contribution in [1.82, 2.24) is 4.90 Å². The molecule has 0 bridgehead atoms. The van der Waals surface area contributed by atoms with Gasteiger partial charge in [0, 0.05) is 29.4 Å². The highest BCUT2D eigenvalue weighted by Gasteiger charge is 2.14. The Morgan fingerprint density at radius 1 is 1.40 bits per heavy atom. The highest BCUT2D eigenvalue weighted by atomic mass is 32.1. The van der Waals surface area contributed by atoms with Crippen molar-refractivity contribution in [2.75, 3.05) is 13.2 Å². The highest BCUT2D eigenvalue weighted by molar-refractivity contribution is 7.10. The summed E-state index contributed by atoms with van der Waals surface area (Å²) in [5, 5.41) is 10.9. The molecule has 0 amide bonds. The molecule has 1 atom stereocenters. The third kappa shape index (κ3) is 5.66. The predicted octanol–water partition coefficient (Wildman–Crippen LogP) is 3.88. The van der Waals surface area contributed by atoms with Gasteiger partial charge in [0.2, 0.25) is 0 Å². The van der Waals surface area contributed by atoms with Gasteiger partial charge >= 0.3 is 0 Å². The van der Waals surface area contributed by atoms with E-state index in [9.17, 15) is 0 Å². The van der Waals surface area contributed by atoms with E-state index >= 15 is 0 Å². The van der Waals surface area contributed by atoms with Gasteiger partial charge in [-0.3, -0.25) is 4.90 Å². The average Bonchev–Trinajstić information content (AvgIpc) is 2.90. The molecule has 0 aliphatic rings. The van der Waals surface area contributed by atoms with Crippen LogP contribution in [0.3, 0.4) is 0 Å². The van der Waals surface area contributed by atoms with Crippen LogP contribution in [0.1, 0.15) is 56.9 Å². The van der Waals surface area contributed by atoms with Gasteiger partial charge in [-0.2, -0.15) is 0 Å². The van der Waals surface area contributed by atoms with Crippen molar-refractivity contribution in [3.05, 3.63) is 21.9 Å². The van der Waals surface area contributed by atoms with Gasteiger partial charge in [-0.1, -0.05) is 32.1 Å². The van der Waals surface area contributed by atoms with Gasteiger partial charge in [0.25, 0.3) is 0 Å². The molecule has 1 unspecified atom stereocenters. The Balaban J connectivity index is 2.73. The smallest absolute Gasteiger partial charge is 0.0540 e. The van der Waals surface area contributed by atoms with Crippen LogP contribution in [0.4, 0.5) is 0 Å². The van der Waals surface area contributed by atoms with E-state index in [2.05, 4.69) is 49.0 Å². The van der Waals surface area contributed by atoms with E-state index < -0.39 is 0 Å². The van der Waals surface area contributed by atoms with E-state index in [0.29, 0.717) is 12.5 Å². The van der Waals surface area contributed by atoms with Crippen LogP contribution < -0.4 is 0 Å². The quantitative estimate of drug-likeness (QED) is 0.735. The highest BCUT2D eigenvalue weighted by Crippen LogP contribution is 2.20. The van der Waals surface area contributed by atoms with Crippen LogP contribution in [-0.2, 0) is 6.54 Å². The summed E-state index contributed by atoms with van der Waals surface area (Å²) in [6.45, 7) is 9.09. The van der Waals surface area contributed by atoms with Gasteiger partial charge in [-0.25, -0.2) is 0 Å². The molecule has 0 radical (unpaired) electrons. The monoisotopic (exact) mass is 293 g/mol. The van der Waals surface area contributed by atoms with Crippen molar-refractivity contribution in [2.24, 2.45) is 0 Å². The number of hydrogen-bond acceptors (Lipinski definition) is 3. The second kappa shape index (κ2) is 9.99. The molecule has 3 heteroatoms. The first-order valence-corrected chi connectivity index (χ1v) is 8.51. The number of aliphatic hydroxyl groups is 1. The molecule has 0 spiro atoms. The fourth-order valence-corrected chi connectivity index (χ4v) is 2.90. The fraction of sp³-hybridized carbons (Fsp3) is 0.647. The largest absolute Gasteiger partial charge is 0.395 e. The van der Waals surface area contributed by atoms with Crippen molar-refractivity contribution >= 4 is 11.3 Å². The molecule has 0 aromatic carbocycles. The van der Waals surface area contributed by atoms with Crippen molar-refractivity contribution in [1.29, 1.82) is 0 Å². The van der Waals surface area contributed by atoms with Crippen LogP contribution in [0, 0.1) is 11.8 Å². The van der Waals surface area contributed by atoms with Gasteiger partial charge in [0.15, 0.2) is 0 Å². The number of hydrogen-bond donors (Lipinski definition) is 1. The molecule has 0 fully saturated rings. The number of rotatable bonds is 8. The predicted molar refractivity (Wildman–Crippen MR) is 88.0 cm³/mol. The van der Waals surface area contributed by atoms with Gasteiger partial charge in [-0.15, -0.1) is 11.3 Å². The minimum atomic E-state index is 0.141. The summed E-state index contributed by atoms with van der Waals surface area (Å²) < 4.78 is 0. The molecule has 2 nitrogen and oxygen atoms in total. The molecule has 0 saturated carbocycles. The summed E-state index contributed by atoms with van der Waals surface area (Å²) in [7, 11) is 0. The summed E-state index contributed by atoms with van der Waals surface area (Å²) in [6.07, 6.45) is 4.22. The zero-order valence-corrected chi connectivity index (χ0v) is 13.8. The maximum atomic E-state index is 8.80. The van der Waals surface area contributed by atoms with Crippen LogP contribution in [0.25, 0.3) is 0 Å². The van der Waals surface area contributed by atoms with Crippen molar-refractivity contribution in [3.63, 3.8) is 0 Å². The number of aliphatic hydroxyl groups excluding tert-OH is 1. The first-order chi connectivity index (χ1) is 9.72. The molecule has 1 aromatic rings. The number of nitrogens with zero attached hydrogens (tertiary/aromatic N) is 1. The lowest BCUT2D eigenvalue weighted by molar-refractivity contribution is 0.194. The van der Waals surface area contributed by atoms with E-state index in [1.165, 1.54) is 24.1 Å². The first kappa shape index (κ1) is 17.2. The normalized spacial score (nSPS) is 12.2. The van der Waals surface area contributed by atoms with Gasteiger partial charge in [0.05, 0.1) is 6.61 Å². The summed E-state index contributed by atoms with van der Waals surface area (Å²) in [5.41, 5.74) is 1.13. The molecular formula is C17H27NOS. The van der Waals surface area contributed by atoms with Crippen LogP contribution in [0.2, 0.25) is 0 Å². The van der Waals surface area contributed by atoms with Crippen molar-refractivity contribution in [3.8, 4) is 11.8 Å². The average molecular weight is 293 g/mol. The van der Waals surface area contributed by atoms with E-state index in [1.807, 2.05) is 0 Å².